The van der Waals surface area contributed by atoms with Gasteiger partial charge in [-0.1, -0.05) is 25.1 Å². The molecule has 1 aromatic rings. The van der Waals surface area contributed by atoms with Gasteiger partial charge in [0.25, 0.3) is 0 Å². The molecule has 0 aliphatic rings. The quantitative estimate of drug-likeness (QED) is 0.303. The third-order valence-electron chi connectivity index (χ3n) is 2.22. The van der Waals surface area contributed by atoms with Crippen LogP contribution < -0.4 is 16.6 Å². The maximum absolute atomic E-state index is 10.4. The number of carbonyl (C=O) groups excluding carboxylic acids is 1. The minimum atomic E-state index is -1.49. The largest absolute Gasteiger partial charge is 0.488 e. The van der Waals surface area contributed by atoms with Crippen LogP contribution in [0.3, 0.4) is 0 Å². The molecule has 7 heteroatoms. The number of carbonyl (C=O) groups is 1. The van der Waals surface area contributed by atoms with Crippen LogP contribution in [0.5, 0.6) is 0 Å². The van der Waals surface area contributed by atoms with Crippen molar-refractivity contribution in [3.05, 3.63) is 29.3 Å². The Kier molecular flexibility index (Phi) is 4.68. The number of urea groups is 1. The average Bonchev–Trinajstić information content (AvgIpc) is 2.28. The number of hydrogen-bond donors (Lipinski definition) is 4. The third-order valence-corrected chi connectivity index (χ3v) is 2.22. The molecule has 17 heavy (non-hydrogen) atoms. The van der Waals surface area contributed by atoms with Gasteiger partial charge in [-0.15, -0.1) is 0 Å². The van der Waals surface area contributed by atoms with E-state index < -0.39 is 13.1 Å². The van der Waals surface area contributed by atoms with Gasteiger partial charge in [-0.2, -0.15) is 5.10 Å². The van der Waals surface area contributed by atoms with E-state index in [9.17, 15) is 4.79 Å². The Bertz CT molecular complexity index is 435. The second-order valence-electron chi connectivity index (χ2n) is 3.42. The van der Waals surface area contributed by atoms with Gasteiger partial charge in [0.15, 0.2) is 0 Å². The van der Waals surface area contributed by atoms with E-state index in [1.54, 1.807) is 18.2 Å². The monoisotopic (exact) mass is 235 g/mol. The number of hydrogen-bond acceptors (Lipinski definition) is 4. The Balaban J connectivity index is 2.92. The number of amides is 2. The van der Waals surface area contributed by atoms with Crippen LogP contribution in [0.4, 0.5) is 4.79 Å². The van der Waals surface area contributed by atoms with Crippen molar-refractivity contribution in [3.63, 3.8) is 0 Å². The molecule has 0 unspecified atom stereocenters. The van der Waals surface area contributed by atoms with Crippen LogP contribution in [-0.2, 0) is 6.42 Å². The van der Waals surface area contributed by atoms with Gasteiger partial charge in [0.1, 0.15) is 0 Å². The molecule has 0 fully saturated rings. The summed E-state index contributed by atoms with van der Waals surface area (Å²) in [4.78, 5) is 10.4. The fourth-order valence-electron chi connectivity index (χ4n) is 1.38. The standard InChI is InChI=1S/C10H14BN3O3/c1-2-7-5-9(11(16)17)4-3-8(7)6-13-14-10(12)15/h3-6,16-17H,2H2,1H3,(H3,12,14,15). The first-order chi connectivity index (χ1) is 8.04. The predicted octanol–water partition coefficient (Wildman–Crippen LogP) is -1.07. The smallest absolute Gasteiger partial charge is 0.423 e. The van der Waals surface area contributed by atoms with Crippen LogP contribution in [0, 0.1) is 0 Å². The van der Waals surface area contributed by atoms with Gasteiger partial charge in [-0.25, -0.2) is 10.2 Å². The lowest BCUT2D eigenvalue weighted by Gasteiger charge is -2.06. The minimum absolute atomic E-state index is 0.418. The van der Waals surface area contributed by atoms with Crippen LogP contribution >= 0.6 is 0 Å². The molecule has 2 amide bonds. The van der Waals surface area contributed by atoms with Gasteiger partial charge in [0, 0.05) is 0 Å². The van der Waals surface area contributed by atoms with Gasteiger partial charge < -0.3 is 15.8 Å². The second kappa shape index (κ2) is 6.02. The summed E-state index contributed by atoms with van der Waals surface area (Å²) in [6.45, 7) is 1.93. The van der Waals surface area contributed by atoms with Gasteiger partial charge in [-0.3, -0.25) is 0 Å². The summed E-state index contributed by atoms with van der Waals surface area (Å²) in [6, 6.07) is 4.22. The first-order valence-corrected chi connectivity index (χ1v) is 5.12. The third kappa shape index (κ3) is 3.89. The molecule has 0 atom stereocenters. The fourth-order valence-corrected chi connectivity index (χ4v) is 1.38. The van der Waals surface area contributed by atoms with E-state index in [0.29, 0.717) is 11.9 Å². The van der Waals surface area contributed by atoms with E-state index in [1.807, 2.05) is 6.92 Å². The molecular weight excluding hydrogens is 221 g/mol. The molecule has 0 bridgehead atoms. The van der Waals surface area contributed by atoms with Gasteiger partial charge >= 0.3 is 13.1 Å². The number of nitrogens with two attached hydrogens (primary N) is 1. The van der Waals surface area contributed by atoms with E-state index in [1.165, 1.54) is 6.21 Å². The van der Waals surface area contributed by atoms with E-state index in [2.05, 4.69) is 10.5 Å². The molecule has 0 radical (unpaired) electrons. The summed E-state index contributed by atoms with van der Waals surface area (Å²) in [5.41, 5.74) is 9.05. The maximum atomic E-state index is 10.4. The summed E-state index contributed by atoms with van der Waals surface area (Å²) in [6.07, 6.45) is 2.16. The lowest BCUT2D eigenvalue weighted by atomic mass is 9.78. The number of nitrogens with one attached hydrogen (secondary N) is 1. The van der Waals surface area contributed by atoms with Crippen molar-refractivity contribution in [1.29, 1.82) is 0 Å². The molecule has 0 aliphatic carbocycles. The molecule has 0 saturated carbocycles. The zero-order chi connectivity index (χ0) is 12.8. The highest BCUT2D eigenvalue weighted by atomic mass is 16.4. The zero-order valence-corrected chi connectivity index (χ0v) is 9.42. The highest BCUT2D eigenvalue weighted by Gasteiger charge is 2.12. The summed E-state index contributed by atoms with van der Waals surface area (Å²) in [5.74, 6) is 0. The molecule has 6 nitrogen and oxygen atoms in total. The number of nitrogens with zero attached hydrogens (tertiary/aromatic N) is 1. The van der Waals surface area contributed by atoms with Crippen molar-refractivity contribution >= 4 is 24.8 Å². The van der Waals surface area contributed by atoms with Crippen molar-refractivity contribution in [1.82, 2.24) is 5.43 Å². The molecule has 1 aromatic carbocycles. The SMILES string of the molecule is CCc1cc(B(O)O)ccc1C=NNC(N)=O. The van der Waals surface area contributed by atoms with Crippen molar-refractivity contribution < 1.29 is 14.8 Å². The van der Waals surface area contributed by atoms with Crippen molar-refractivity contribution in [2.75, 3.05) is 0 Å². The molecule has 90 valence electrons. The van der Waals surface area contributed by atoms with E-state index in [0.717, 1.165) is 11.1 Å². The summed E-state index contributed by atoms with van der Waals surface area (Å²) >= 11 is 0. The average molecular weight is 235 g/mol. The van der Waals surface area contributed by atoms with Crippen molar-refractivity contribution in [2.45, 2.75) is 13.3 Å². The van der Waals surface area contributed by atoms with Gasteiger partial charge in [0.05, 0.1) is 6.21 Å². The molecule has 0 aliphatic heterocycles. The lowest BCUT2D eigenvalue weighted by molar-refractivity contribution is 0.249. The fraction of sp³-hybridized carbons (Fsp3) is 0.200. The lowest BCUT2D eigenvalue weighted by Crippen LogP contribution is -2.30. The second-order valence-corrected chi connectivity index (χ2v) is 3.42. The Morgan fingerprint density at radius 1 is 1.59 bits per heavy atom. The van der Waals surface area contributed by atoms with Crippen molar-refractivity contribution in [3.8, 4) is 0 Å². The Hall–Kier alpha value is -1.86. The van der Waals surface area contributed by atoms with Crippen molar-refractivity contribution in [2.24, 2.45) is 10.8 Å². The molecular formula is C10H14BN3O3. The molecule has 5 N–H and O–H groups in total. The molecule has 0 saturated heterocycles. The summed E-state index contributed by atoms with van der Waals surface area (Å²) in [7, 11) is -1.49. The summed E-state index contributed by atoms with van der Waals surface area (Å²) < 4.78 is 0. The Labute approximate surface area is 99.3 Å². The maximum Gasteiger partial charge on any atom is 0.488 e. The topological polar surface area (TPSA) is 108 Å². The number of benzene rings is 1. The number of hydrazone groups is 1. The molecule has 1 rings (SSSR count). The van der Waals surface area contributed by atoms with Crippen LogP contribution in [0.25, 0.3) is 0 Å². The van der Waals surface area contributed by atoms with Gasteiger partial charge in [0.2, 0.25) is 0 Å². The van der Waals surface area contributed by atoms with Crippen LogP contribution in [0.15, 0.2) is 23.3 Å². The molecule has 0 heterocycles. The van der Waals surface area contributed by atoms with E-state index >= 15 is 0 Å². The highest BCUT2D eigenvalue weighted by molar-refractivity contribution is 6.58. The van der Waals surface area contributed by atoms with Crippen LogP contribution in [-0.4, -0.2) is 29.4 Å². The van der Waals surface area contributed by atoms with E-state index in [-0.39, 0.29) is 0 Å². The minimum Gasteiger partial charge on any atom is -0.423 e. The number of rotatable bonds is 4. The van der Waals surface area contributed by atoms with Gasteiger partial charge in [-0.05, 0) is 23.0 Å². The number of primary amides is 1. The van der Waals surface area contributed by atoms with Crippen LogP contribution in [0.1, 0.15) is 18.1 Å². The Morgan fingerprint density at radius 3 is 2.82 bits per heavy atom. The predicted molar refractivity (Wildman–Crippen MR) is 66.0 cm³/mol. The number of aryl methyl sites for hydroxylation is 1. The normalized spacial score (nSPS) is 10.5. The van der Waals surface area contributed by atoms with E-state index in [4.69, 9.17) is 15.8 Å². The zero-order valence-electron chi connectivity index (χ0n) is 9.42. The molecule has 0 spiro atoms. The Morgan fingerprint density at radius 2 is 2.29 bits per heavy atom. The molecule has 0 aromatic heterocycles. The summed E-state index contributed by atoms with van der Waals surface area (Å²) in [5, 5.41) is 21.7. The highest BCUT2D eigenvalue weighted by Crippen LogP contribution is 2.05. The first kappa shape index (κ1) is 13.2. The van der Waals surface area contributed by atoms with Crippen LogP contribution in [0.2, 0.25) is 0 Å². The first-order valence-electron chi connectivity index (χ1n) is 5.12.